The Balaban J connectivity index is 1.70. The van der Waals surface area contributed by atoms with E-state index in [0.29, 0.717) is 37.8 Å². The second-order valence-electron chi connectivity index (χ2n) is 7.74. The molecule has 0 bridgehead atoms. The molecule has 0 radical (unpaired) electrons. The number of amides is 1. The summed E-state index contributed by atoms with van der Waals surface area (Å²) in [6, 6.07) is 12.1. The molecule has 150 valence electrons. The number of nitrogens with zero attached hydrogens (tertiary/aromatic N) is 5. The summed E-state index contributed by atoms with van der Waals surface area (Å²) in [5.41, 5.74) is 4.49. The monoisotopic (exact) mass is 389 g/mol. The molecule has 1 saturated heterocycles. The summed E-state index contributed by atoms with van der Waals surface area (Å²) < 4.78 is 0. The maximum Gasteiger partial charge on any atom is 0.246 e. The average molecular weight is 390 g/mol. The van der Waals surface area contributed by atoms with E-state index in [1.54, 1.807) is 12.1 Å². The van der Waals surface area contributed by atoms with Gasteiger partial charge in [0.1, 0.15) is 11.8 Å². The van der Waals surface area contributed by atoms with Gasteiger partial charge in [0.25, 0.3) is 0 Å². The van der Waals surface area contributed by atoms with Crippen LogP contribution in [0.5, 0.6) is 0 Å². The largest absolute Gasteiger partial charge is 0.337 e. The Morgan fingerprint density at radius 3 is 2.34 bits per heavy atom. The van der Waals surface area contributed by atoms with Gasteiger partial charge in [0.15, 0.2) is 0 Å². The van der Waals surface area contributed by atoms with Crippen LogP contribution in [0.3, 0.4) is 0 Å². The molecular formula is C23H27N5O. The van der Waals surface area contributed by atoms with Crippen molar-refractivity contribution in [3.05, 3.63) is 58.9 Å². The zero-order valence-corrected chi connectivity index (χ0v) is 17.5. The van der Waals surface area contributed by atoms with Crippen LogP contribution in [0.15, 0.2) is 36.4 Å². The Bertz CT molecular complexity index is 948. The number of carbonyl (C=O) groups excluding carboxylic acids is 1. The Labute approximate surface area is 172 Å². The van der Waals surface area contributed by atoms with E-state index in [1.165, 1.54) is 5.56 Å². The lowest BCUT2D eigenvalue weighted by Gasteiger charge is -2.34. The summed E-state index contributed by atoms with van der Waals surface area (Å²) in [4.78, 5) is 25.6. The third kappa shape index (κ3) is 5.00. The number of aromatic nitrogens is 2. The first-order chi connectivity index (χ1) is 13.9. The molecule has 0 aliphatic carbocycles. The summed E-state index contributed by atoms with van der Waals surface area (Å²) >= 11 is 0. The lowest BCUT2D eigenvalue weighted by atomic mass is 9.94. The topological polar surface area (TPSA) is 73.1 Å². The molecule has 0 unspecified atom stereocenters. The highest BCUT2D eigenvalue weighted by Crippen LogP contribution is 2.24. The number of hydrogen-bond acceptors (Lipinski definition) is 5. The molecular weight excluding hydrogens is 362 g/mol. The van der Waals surface area contributed by atoms with Crippen LogP contribution in [0.25, 0.3) is 5.57 Å². The zero-order valence-electron chi connectivity index (χ0n) is 17.5. The fraction of sp³-hybridized carbons (Fsp3) is 0.391. The van der Waals surface area contributed by atoms with Gasteiger partial charge >= 0.3 is 0 Å². The SMILES string of the molecule is Cc1ccc(/C(=C/C(=O)N2CCN(c3nc(C)cc(C#N)n3)CC2)C(C)C)cc1. The molecule has 2 aromatic rings. The minimum Gasteiger partial charge on any atom is -0.337 e. The molecule has 1 aromatic carbocycles. The van der Waals surface area contributed by atoms with Crippen LogP contribution in [0.1, 0.15) is 36.4 Å². The van der Waals surface area contributed by atoms with E-state index < -0.39 is 0 Å². The summed E-state index contributed by atoms with van der Waals surface area (Å²) in [6.45, 7) is 10.6. The van der Waals surface area contributed by atoms with Gasteiger partial charge in [-0.05, 0) is 37.0 Å². The number of hydrogen-bond donors (Lipinski definition) is 0. The van der Waals surface area contributed by atoms with Crippen molar-refractivity contribution < 1.29 is 4.79 Å². The fourth-order valence-corrected chi connectivity index (χ4v) is 3.43. The number of aryl methyl sites for hydroxylation is 2. The molecule has 1 aromatic heterocycles. The van der Waals surface area contributed by atoms with Crippen molar-refractivity contribution in [2.45, 2.75) is 27.7 Å². The lowest BCUT2D eigenvalue weighted by Crippen LogP contribution is -2.49. The van der Waals surface area contributed by atoms with Gasteiger partial charge in [-0.15, -0.1) is 0 Å². The zero-order chi connectivity index (χ0) is 21.0. The predicted molar refractivity (Wildman–Crippen MR) is 114 cm³/mol. The molecule has 0 spiro atoms. The first kappa shape index (κ1) is 20.5. The highest BCUT2D eigenvalue weighted by Gasteiger charge is 2.23. The minimum atomic E-state index is 0.0387. The van der Waals surface area contributed by atoms with Crippen LogP contribution in [-0.4, -0.2) is 47.0 Å². The standard InChI is InChI=1S/C23H27N5O/c1-16(2)21(19-7-5-17(3)6-8-19)14-22(29)27-9-11-28(12-10-27)23-25-18(4)13-20(15-24)26-23/h5-8,13-14,16H,9-12H2,1-4H3/b21-14+. The van der Waals surface area contributed by atoms with Crippen LogP contribution < -0.4 is 4.90 Å². The van der Waals surface area contributed by atoms with Gasteiger partial charge in [-0.1, -0.05) is 43.7 Å². The normalized spacial score (nSPS) is 14.8. The van der Waals surface area contributed by atoms with Gasteiger partial charge in [-0.3, -0.25) is 4.79 Å². The number of benzene rings is 1. The van der Waals surface area contributed by atoms with E-state index >= 15 is 0 Å². The van der Waals surface area contributed by atoms with Crippen molar-refractivity contribution in [3.8, 4) is 6.07 Å². The smallest absolute Gasteiger partial charge is 0.246 e. The maximum absolute atomic E-state index is 12.9. The molecule has 29 heavy (non-hydrogen) atoms. The minimum absolute atomic E-state index is 0.0387. The Morgan fingerprint density at radius 1 is 1.10 bits per heavy atom. The van der Waals surface area contributed by atoms with Crippen molar-refractivity contribution in [1.82, 2.24) is 14.9 Å². The summed E-state index contributed by atoms with van der Waals surface area (Å²) in [6.07, 6.45) is 1.78. The van der Waals surface area contributed by atoms with Crippen LogP contribution in [0.4, 0.5) is 5.95 Å². The fourth-order valence-electron chi connectivity index (χ4n) is 3.43. The highest BCUT2D eigenvalue weighted by atomic mass is 16.2. The second kappa shape index (κ2) is 8.87. The molecule has 1 aliphatic heterocycles. The first-order valence-electron chi connectivity index (χ1n) is 9.95. The summed E-state index contributed by atoms with van der Waals surface area (Å²) in [5, 5.41) is 9.12. The van der Waals surface area contributed by atoms with Crippen LogP contribution in [0.2, 0.25) is 0 Å². The lowest BCUT2D eigenvalue weighted by molar-refractivity contribution is -0.126. The highest BCUT2D eigenvalue weighted by molar-refractivity contribution is 5.95. The van der Waals surface area contributed by atoms with Crippen molar-refractivity contribution in [1.29, 1.82) is 5.26 Å². The number of carbonyl (C=O) groups is 1. The van der Waals surface area contributed by atoms with E-state index in [-0.39, 0.29) is 11.8 Å². The van der Waals surface area contributed by atoms with Gasteiger partial charge < -0.3 is 9.80 Å². The van der Waals surface area contributed by atoms with E-state index in [0.717, 1.165) is 16.8 Å². The molecule has 0 saturated carbocycles. The molecule has 6 nitrogen and oxygen atoms in total. The van der Waals surface area contributed by atoms with Gasteiger partial charge in [0.05, 0.1) is 0 Å². The van der Waals surface area contributed by atoms with Crippen molar-refractivity contribution in [2.75, 3.05) is 31.1 Å². The number of nitriles is 1. The molecule has 0 atom stereocenters. The Kier molecular flexibility index (Phi) is 6.28. The molecule has 0 N–H and O–H groups in total. The van der Waals surface area contributed by atoms with Crippen LogP contribution >= 0.6 is 0 Å². The number of rotatable bonds is 4. The van der Waals surface area contributed by atoms with E-state index in [4.69, 9.17) is 5.26 Å². The van der Waals surface area contributed by atoms with Gasteiger partial charge in [0.2, 0.25) is 11.9 Å². The molecule has 1 amide bonds. The van der Waals surface area contributed by atoms with Gasteiger partial charge in [0, 0.05) is 37.9 Å². The van der Waals surface area contributed by atoms with E-state index in [2.05, 4.69) is 61.1 Å². The molecule has 2 heterocycles. The quantitative estimate of drug-likeness (QED) is 0.750. The Morgan fingerprint density at radius 2 is 1.76 bits per heavy atom. The summed E-state index contributed by atoms with van der Waals surface area (Å²) in [7, 11) is 0. The van der Waals surface area contributed by atoms with Crippen molar-refractivity contribution in [2.24, 2.45) is 5.92 Å². The third-order valence-corrected chi connectivity index (χ3v) is 5.12. The van der Waals surface area contributed by atoms with Crippen molar-refractivity contribution >= 4 is 17.4 Å². The number of allylic oxidation sites excluding steroid dienone is 1. The Hall–Kier alpha value is -3.20. The number of anilines is 1. The predicted octanol–water partition coefficient (Wildman–Crippen LogP) is 3.35. The van der Waals surface area contributed by atoms with Crippen LogP contribution in [0, 0.1) is 31.1 Å². The van der Waals surface area contributed by atoms with Crippen molar-refractivity contribution in [3.63, 3.8) is 0 Å². The average Bonchev–Trinajstić information content (AvgIpc) is 2.72. The van der Waals surface area contributed by atoms with Crippen LogP contribution in [-0.2, 0) is 4.79 Å². The molecule has 1 aliphatic rings. The van der Waals surface area contributed by atoms with Gasteiger partial charge in [-0.2, -0.15) is 5.26 Å². The van der Waals surface area contributed by atoms with E-state index in [1.807, 2.05) is 16.7 Å². The van der Waals surface area contributed by atoms with E-state index in [9.17, 15) is 4.79 Å². The molecule has 1 fully saturated rings. The number of piperazine rings is 1. The first-order valence-corrected chi connectivity index (χ1v) is 9.95. The van der Waals surface area contributed by atoms with Gasteiger partial charge in [-0.25, -0.2) is 9.97 Å². The molecule has 6 heteroatoms. The molecule has 3 rings (SSSR count). The maximum atomic E-state index is 12.9. The summed E-state index contributed by atoms with van der Waals surface area (Å²) in [5.74, 6) is 0.858. The third-order valence-electron chi connectivity index (χ3n) is 5.12. The second-order valence-corrected chi connectivity index (χ2v) is 7.74.